The van der Waals surface area contributed by atoms with Crippen LogP contribution in [0.1, 0.15) is 11.1 Å². The van der Waals surface area contributed by atoms with Crippen LogP contribution in [0.4, 0.5) is 10.1 Å². The minimum atomic E-state index is -0.482. The molecule has 3 nitrogen and oxygen atoms in total. The van der Waals surface area contributed by atoms with Gasteiger partial charge in [0.25, 0.3) is 0 Å². The molecule has 0 saturated carbocycles. The summed E-state index contributed by atoms with van der Waals surface area (Å²) in [5.41, 5.74) is 1.26. The monoisotopic (exact) mass is 242 g/mol. The highest BCUT2D eigenvalue weighted by Gasteiger charge is 2.04. The number of halogens is 1. The molecular formula is C14H11FN2O. The number of hydrogen-bond donors (Lipinski definition) is 2. The second-order valence-electron chi connectivity index (χ2n) is 3.79. The Labute approximate surface area is 104 Å². The van der Waals surface area contributed by atoms with E-state index in [1.165, 1.54) is 18.2 Å². The molecule has 0 aliphatic carbocycles. The molecular weight excluding hydrogens is 231 g/mol. The van der Waals surface area contributed by atoms with Crippen molar-refractivity contribution in [2.24, 2.45) is 0 Å². The van der Waals surface area contributed by atoms with E-state index < -0.39 is 5.82 Å². The van der Waals surface area contributed by atoms with Gasteiger partial charge in [0.2, 0.25) is 0 Å². The fraction of sp³-hybridized carbons (Fsp3) is 0.0714. The molecule has 90 valence electrons. The molecule has 0 amide bonds. The normalized spacial score (nSPS) is 9.78. The molecule has 0 aromatic heterocycles. The topological polar surface area (TPSA) is 56.0 Å². The Morgan fingerprint density at radius 1 is 1.22 bits per heavy atom. The Hall–Kier alpha value is -2.54. The van der Waals surface area contributed by atoms with Crippen molar-refractivity contribution in [1.29, 1.82) is 5.26 Å². The molecule has 0 bridgehead atoms. The number of aromatic hydroxyl groups is 1. The Kier molecular flexibility index (Phi) is 3.44. The molecule has 0 atom stereocenters. The zero-order valence-electron chi connectivity index (χ0n) is 9.52. The van der Waals surface area contributed by atoms with E-state index in [1.807, 2.05) is 6.07 Å². The number of phenols is 1. The van der Waals surface area contributed by atoms with Gasteiger partial charge in [0.15, 0.2) is 0 Å². The van der Waals surface area contributed by atoms with Crippen molar-refractivity contribution in [3.8, 4) is 11.8 Å². The summed E-state index contributed by atoms with van der Waals surface area (Å²) in [7, 11) is 0. The zero-order chi connectivity index (χ0) is 13.0. The average Bonchev–Trinajstić information content (AvgIpc) is 2.39. The van der Waals surface area contributed by atoms with Crippen molar-refractivity contribution in [1.82, 2.24) is 0 Å². The number of rotatable bonds is 3. The van der Waals surface area contributed by atoms with Crippen LogP contribution in [0.15, 0.2) is 42.5 Å². The van der Waals surface area contributed by atoms with E-state index >= 15 is 0 Å². The molecule has 0 aliphatic rings. The molecule has 0 aliphatic heterocycles. The van der Waals surface area contributed by atoms with Gasteiger partial charge in [-0.25, -0.2) is 4.39 Å². The summed E-state index contributed by atoms with van der Waals surface area (Å²) in [6.45, 7) is 0.315. The van der Waals surface area contributed by atoms with Crippen molar-refractivity contribution >= 4 is 5.69 Å². The largest absolute Gasteiger partial charge is 0.508 e. The smallest absolute Gasteiger partial charge is 0.147 e. The van der Waals surface area contributed by atoms with Crippen molar-refractivity contribution < 1.29 is 9.50 Å². The lowest BCUT2D eigenvalue weighted by Crippen LogP contribution is -2.01. The summed E-state index contributed by atoms with van der Waals surface area (Å²) < 4.78 is 13.6. The van der Waals surface area contributed by atoms with Gasteiger partial charge in [0.1, 0.15) is 11.6 Å². The maximum absolute atomic E-state index is 13.6. The number of nitriles is 1. The van der Waals surface area contributed by atoms with E-state index in [0.717, 1.165) is 0 Å². The predicted molar refractivity (Wildman–Crippen MR) is 66.5 cm³/mol. The van der Waals surface area contributed by atoms with Crippen LogP contribution in [0, 0.1) is 17.1 Å². The summed E-state index contributed by atoms with van der Waals surface area (Å²) >= 11 is 0. The van der Waals surface area contributed by atoms with Gasteiger partial charge in [0, 0.05) is 12.1 Å². The first kappa shape index (κ1) is 11.9. The number of benzene rings is 2. The molecule has 0 saturated heterocycles. The van der Waals surface area contributed by atoms with Gasteiger partial charge >= 0.3 is 0 Å². The maximum atomic E-state index is 13.6. The van der Waals surface area contributed by atoms with E-state index in [2.05, 4.69) is 5.32 Å². The number of nitrogens with zero attached hydrogens (tertiary/aromatic N) is 1. The van der Waals surface area contributed by atoms with Crippen molar-refractivity contribution in [2.75, 3.05) is 5.32 Å². The van der Waals surface area contributed by atoms with Crippen LogP contribution in [-0.2, 0) is 6.54 Å². The average molecular weight is 242 g/mol. The minimum absolute atomic E-state index is 0.166. The van der Waals surface area contributed by atoms with Gasteiger partial charge in [-0.1, -0.05) is 18.2 Å². The molecule has 2 aromatic rings. The molecule has 4 heteroatoms. The second-order valence-corrected chi connectivity index (χ2v) is 3.79. The lowest BCUT2D eigenvalue weighted by Gasteiger charge is -2.09. The van der Waals surface area contributed by atoms with Crippen molar-refractivity contribution in [2.45, 2.75) is 6.54 Å². The first-order chi connectivity index (χ1) is 8.70. The first-order valence-electron chi connectivity index (χ1n) is 5.41. The molecule has 0 radical (unpaired) electrons. The lowest BCUT2D eigenvalue weighted by atomic mass is 10.2. The Balaban J connectivity index is 2.12. The molecule has 18 heavy (non-hydrogen) atoms. The van der Waals surface area contributed by atoms with E-state index in [9.17, 15) is 9.50 Å². The fourth-order valence-corrected chi connectivity index (χ4v) is 1.58. The molecule has 0 unspecified atom stereocenters. The summed E-state index contributed by atoms with van der Waals surface area (Å²) in [6.07, 6.45) is 0. The second kappa shape index (κ2) is 5.19. The van der Waals surface area contributed by atoms with Crippen LogP contribution in [0.25, 0.3) is 0 Å². The fourth-order valence-electron chi connectivity index (χ4n) is 1.58. The summed E-state index contributed by atoms with van der Waals surface area (Å²) in [6, 6.07) is 12.9. The molecule has 0 spiro atoms. The Morgan fingerprint density at radius 3 is 2.67 bits per heavy atom. The van der Waals surface area contributed by atoms with Crippen molar-refractivity contribution in [3.05, 3.63) is 59.4 Å². The standard InChI is InChI=1S/C14H11FN2O/c15-12-7-10(8-16)5-6-13(12)17-9-11-3-1-2-4-14(11)18/h1-7,17-18H,9H2. The van der Waals surface area contributed by atoms with E-state index in [0.29, 0.717) is 17.8 Å². The lowest BCUT2D eigenvalue weighted by molar-refractivity contribution is 0.469. The van der Waals surface area contributed by atoms with E-state index in [1.54, 1.807) is 24.3 Å². The minimum Gasteiger partial charge on any atom is -0.508 e. The van der Waals surface area contributed by atoms with E-state index in [4.69, 9.17) is 5.26 Å². The highest BCUT2D eigenvalue weighted by atomic mass is 19.1. The SMILES string of the molecule is N#Cc1ccc(NCc2ccccc2O)c(F)c1. The third-order valence-corrected chi connectivity index (χ3v) is 2.56. The predicted octanol–water partition coefficient (Wildman–Crippen LogP) is 3.02. The van der Waals surface area contributed by atoms with Gasteiger partial charge in [-0.05, 0) is 24.3 Å². The first-order valence-corrected chi connectivity index (χ1v) is 5.41. The third kappa shape index (κ3) is 2.58. The van der Waals surface area contributed by atoms with E-state index in [-0.39, 0.29) is 11.3 Å². The summed E-state index contributed by atoms with van der Waals surface area (Å²) in [4.78, 5) is 0. The van der Waals surface area contributed by atoms with Gasteiger partial charge in [0.05, 0.1) is 17.3 Å². The number of phenolic OH excluding ortho intramolecular Hbond substituents is 1. The highest BCUT2D eigenvalue weighted by molar-refractivity contribution is 5.49. The Bertz CT molecular complexity index is 605. The van der Waals surface area contributed by atoms with Gasteiger partial charge < -0.3 is 10.4 Å². The quantitative estimate of drug-likeness (QED) is 0.869. The summed E-state index contributed by atoms with van der Waals surface area (Å²) in [5, 5.41) is 21.1. The van der Waals surface area contributed by atoms with Gasteiger partial charge in [-0.15, -0.1) is 0 Å². The van der Waals surface area contributed by atoms with Crippen LogP contribution in [0.3, 0.4) is 0 Å². The van der Waals surface area contributed by atoms with Crippen LogP contribution in [0.2, 0.25) is 0 Å². The van der Waals surface area contributed by atoms with Crippen molar-refractivity contribution in [3.63, 3.8) is 0 Å². The highest BCUT2D eigenvalue weighted by Crippen LogP contribution is 2.20. The Morgan fingerprint density at radius 2 is 2.00 bits per heavy atom. The van der Waals surface area contributed by atoms with Gasteiger partial charge in [-0.3, -0.25) is 0 Å². The molecule has 0 heterocycles. The number of nitrogens with one attached hydrogen (secondary N) is 1. The van der Waals surface area contributed by atoms with Crippen LogP contribution >= 0.6 is 0 Å². The number of para-hydroxylation sites is 1. The van der Waals surface area contributed by atoms with Crippen LogP contribution in [0.5, 0.6) is 5.75 Å². The molecule has 2 N–H and O–H groups in total. The zero-order valence-corrected chi connectivity index (χ0v) is 9.52. The summed E-state index contributed by atoms with van der Waals surface area (Å²) in [5.74, 6) is -0.316. The van der Waals surface area contributed by atoms with Crippen LogP contribution in [-0.4, -0.2) is 5.11 Å². The van der Waals surface area contributed by atoms with Gasteiger partial charge in [-0.2, -0.15) is 5.26 Å². The van der Waals surface area contributed by atoms with Crippen LogP contribution < -0.4 is 5.32 Å². The number of anilines is 1. The molecule has 0 fully saturated rings. The molecule has 2 aromatic carbocycles. The number of hydrogen-bond acceptors (Lipinski definition) is 3. The third-order valence-electron chi connectivity index (χ3n) is 2.56. The maximum Gasteiger partial charge on any atom is 0.147 e. The molecule has 2 rings (SSSR count).